The second-order valence-corrected chi connectivity index (χ2v) is 5.59. The lowest BCUT2D eigenvalue weighted by atomic mass is 10.2. The highest BCUT2D eigenvalue weighted by atomic mass is 16.5. The molecule has 1 N–H and O–H groups in total. The average Bonchev–Trinajstić information content (AvgIpc) is 2.98. The molecule has 122 valence electrons. The molecule has 0 spiro atoms. The maximum Gasteiger partial charge on any atom is 0.427 e. The Bertz CT molecular complexity index is 839. The van der Waals surface area contributed by atoms with E-state index >= 15 is 0 Å². The lowest BCUT2D eigenvalue weighted by molar-refractivity contribution is -0.845. The zero-order chi connectivity index (χ0) is 17.1. The molecule has 0 radical (unpaired) electrons. The summed E-state index contributed by atoms with van der Waals surface area (Å²) < 4.78 is 6.92. The van der Waals surface area contributed by atoms with Crippen LogP contribution in [0.3, 0.4) is 0 Å². The highest BCUT2D eigenvalue weighted by Crippen LogP contribution is 2.17. The van der Waals surface area contributed by atoms with Gasteiger partial charge in [-0.15, -0.1) is 0 Å². The van der Waals surface area contributed by atoms with Crippen LogP contribution in [0, 0.1) is 0 Å². The van der Waals surface area contributed by atoms with Gasteiger partial charge in [0.15, 0.2) is 0 Å². The van der Waals surface area contributed by atoms with Crippen molar-refractivity contribution >= 4 is 17.3 Å². The molecule has 2 aromatic carbocycles. The number of rotatable bonds is 4. The largest absolute Gasteiger partial charge is 0.427 e. The van der Waals surface area contributed by atoms with Crippen molar-refractivity contribution in [2.24, 2.45) is 7.05 Å². The van der Waals surface area contributed by atoms with E-state index < -0.39 is 0 Å². The van der Waals surface area contributed by atoms with Crippen LogP contribution in [0.25, 0.3) is 11.5 Å². The summed E-state index contributed by atoms with van der Waals surface area (Å²) in [5, 5.41) is 2.83. The molecule has 0 saturated carbocycles. The molecule has 1 aromatic heterocycles. The molecule has 0 unspecified atom stereocenters. The molecular weight excluding hydrogens is 304 g/mol. The fourth-order valence-electron chi connectivity index (χ4n) is 2.28. The molecule has 1 amide bonds. The maximum atomic E-state index is 12.4. The molecule has 0 bridgehead atoms. The minimum atomic E-state index is -0.318. The Morgan fingerprint density at radius 1 is 1.08 bits per heavy atom. The van der Waals surface area contributed by atoms with Crippen molar-refractivity contribution in [2.75, 3.05) is 24.3 Å². The van der Waals surface area contributed by atoms with Crippen LogP contribution in [0.2, 0.25) is 0 Å². The topological polar surface area (TPSA) is 62.3 Å². The number of carbonyl (C=O) groups is 1. The van der Waals surface area contributed by atoms with E-state index in [0.29, 0.717) is 11.6 Å². The molecule has 1 heterocycles. The van der Waals surface area contributed by atoms with Crippen LogP contribution >= 0.6 is 0 Å². The van der Waals surface area contributed by atoms with Crippen LogP contribution in [0.15, 0.2) is 59.1 Å². The molecule has 6 heteroatoms. The summed E-state index contributed by atoms with van der Waals surface area (Å²) in [5.74, 6) is 0.303. The van der Waals surface area contributed by atoms with E-state index in [4.69, 9.17) is 4.52 Å². The van der Waals surface area contributed by atoms with Gasteiger partial charge >= 0.3 is 17.6 Å². The third-order valence-corrected chi connectivity index (χ3v) is 3.59. The number of aromatic nitrogens is 2. The minimum Gasteiger partial charge on any atom is -0.378 e. The predicted molar refractivity (Wildman–Crippen MR) is 91.8 cm³/mol. The number of nitrogens with zero attached hydrogens (tertiary/aromatic N) is 3. The van der Waals surface area contributed by atoms with Crippen LogP contribution in [0.4, 0.5) is 11.4 Å². The average molecular weight is 323 g/mol. The van der Waals surface area contributed by atoms with Gasteiger partial charge in [0, 0.05) is 30.5 Å². The SMILES string of the molecule is CN(C)c1ccc(NC(=O)c2nc(-c3ccccc3)o[n+]2C)cc1. The smallest absolute Gasteiger partial charge is 0.378 e. The summed E-state index contributed by atoms with van der Waals surface area (Å²) in [6.07, 6.45) is 0. The first-order chi connectivity index (χ1) is 11.5. The second kappa shape index (κ2) is 6.54. The summed E-state index contributed by atoms with van der Waals surface area (Å²) >= 11 is 0. The Morgan fingerprint density at radius 3 is 2.38 bits per heavy atom. The van der Waals surface area contributed by atoms with Gasteiger partial charge in [-0.25, -0.2) is 0 Å². The Morgan fingerprint density at radius 2 is 1.75 bits per heavy atom. The fraction of sp³-hybridized carbons (Fsp3) is 0.167. The maximum absolute atomic E-state index is 12.4. The Labute approximate surface area is 140 Å². The monoisotopic (exact) mass is 323 g/mol. The van der Waals surface area contributed by atoms with Crippen LogP contribution in [-0.4, -0.2) is 25.0 Å². The van der Waals surface area contributed by atoms with Gasteiger partial charge < -0.3 is 10.2 Å². The van der Waals surface area contributed by atoms with E-state index in [9.17, 15) is 4.79 Å². The van der Waals surface area contributed by atoms with Crippen LogP contribution in [0.1, 0.15) is 10.6 Å². The van der Waals surface area contributed by atoms with Gasteiger partial charge in [0.1, 0.15) is 7.05 Å². The van der Waals surface area contributed by atoms with Gasteiger partial charge in [-0.3, -0.25) is 9.32 Å². The molecule has 0 fully saturated rings. The fourth-order valence-corrected chi connectivity index (χ4v) is 2.28. The number of hydrogen-bond donors (Lipinski definition) is 1. The van der Waals surface area contributed by atoms with Crippen molar-refractivity contribution in [3.63, 3.8) is 0 Å². The molecule has 6 nitrogen and oxygen atoms in total. The van der Waals surface area contributed by atoms with E-state index in [0.717, 1.165) is 11.3 Å². The van der Waals surface area contributed by atoms with Crippen molar-refractivity contribution < 1.29 is 14.1 Å². The minimum absolute atomic E-state index is 0.213. The molecule has 3 aromatic rings. The van der Waals surface area contributed by atoms with Crippen molar-refractivity contribution in [1.82, 2.24) is 4.98 Å². The second-order valence-electron chi connectivity index (χ2n) is 5.59. The lowest BCUT2D eigenvalue weighted by Gasteiger charge is -2.12. The summed E-state index contributed by atoms with van der Waals surface area (Å²) in [7, 11) is 5.59. The number of anilines is 2. The standard InChI is InChI=1S/C18H18N4O2/c1-21(2)15-11-9-14(10-12-15)19-17(23)16-20-18(24-22(16)3)13-7-5-4-6-8-13/h4-12H,1-3H3/p+1. The lowest BCUT2D eigenvalue weighted by Crippen LogP contribution is -2.35. The van der Waals surface area contributed by atoms with Crippen molar-refractivity contribution in [3.05, 3.63) is 60.4 Å². The number of hydrogen-bond acceptors (Lipinski definition) is 4. The van der Waals surface area contributed by atoms with Crippen molar-refractivity contribution in [1.29, 1.82) is 0 Å². The first kappa shape index (κ1) is 15.7. The van der Waals surface area contributed by atoms with E-state index in [1.54, 1.807) is 7.05 Å². The third kappa shape index (κ3) is 3.27. The first-order valence-corrected chi connectivity index (χ1v) is 7.56. The summed E-state index contributed by atoms with van der Waals surface area (Å²) in [6.45, 7) is 0. The van der Waals surface area contributed by atoms with Gasteiger partial charge in [0.05, 0.1) is 5.56 Å². The van der Waals surface area contributed by atoms with Crippen LogP contribution in [-0.2, 0) is 7.05 Å². The van der Waals surface area contributed by atoms with Crippen molar-refractivity contribution in [3.8, 4) is 11.5 Å². The summed E-state index contributed by atoms with van der Waals surface area (Å²) in [4.78, 5) is 18.7. The molecule has 24 heavy (non-hydrogen) atoms. The van der Waals surface area contributed by atoms with Crippen molar-refractivity contribution in [2.45, 2.75) is 0 Å². The number of amides is 1. The van der Waals surface area contributed by atoms with Gasteiger partial charge in [0.2, 0.25) is 0 Å². The Hall–Kier alpha value is -3.15. The molecule has 0 aliphatic heterocycles. The number of nitrogens with one attached hydrogen (secondary N) is 1. The Balaban J connectivity index is 1.79. The predicted octanol–water partition coefficient (Wildman–Crippen LogP) is 2.48. The van der Waals surface area contributed by atoms with Gasteiger partial charge in [-0.05, 0) is 36.4 Å². The quantitative estimate of drug-likeness (QED) is 0.749. The van der Waals surface area contributed by atoms with Gasteiger partial charge in [0.25, 0.3) is 0 Å². The zero-order valence-corrected chi connectivity index (χ0v) is 13.9. The Kier molecular flexibility index (Phi) is 4.29. The van der Waals surface area contributed by atoms with Crippen LogP contribution < -0.4 is 15.0 Å². The number of benzene rings is 2. The zero-order valence-electron chi connectivity index (χ0n) is 13.9. The van der Waals surface area contributed by atoms with E-state index in [-0.39, 0.29) is 11.7 Å². The molecule has 0 atom stereocenters. The molecule has 0 aliphatic carbocycles. The molecule has 0 saturated heterocycles. The number of aryl methyl sites for hydroxylation is 1. The highest BCUT2D eigenvalue weighted by Gasteiger charge is 2.28. The van der Waals surface area contributed by atoms with E-state index in [2.05, 4.69) is 10.3 Å². The summed E-state index contributed by atoms with van der Waals surface area (Å²) in [6, 6.07) is 17.0. The van der Waals surface area contributed by atoms with E-state index in [1.165, 1.54) is 4.74 Å². The van der Waals surface area contributed by atoms with E-state index in [1.807, 2.05) is 73.6 Å². The normalized spacial score (nSPS) is 10.5. The summed E-state index contributed by atoms with van der Waals surface area (Å²) in [5.41, 5.74) is 2.59. The first-order valence-electron chi connectivity index (χ1n) is 7.56. The van der Waals surface area contributed by atoms with Gasteiger partial charge in [-0.1, -0.05) is 22.9 Å². The molecule has 0 aliphatic rings. The van der Waals surface area contributed by atoms with Crippen LogP contribution in [0.5, 0.6) is 0 Å². The molecule has 3 rings (SSSR count). The third-order valence-electron chi connectivity index (χ3n) is 3.59. The van der Waals surface area contributed by atoms with Gasteiger partial charge in [-0.2, -0.15) is 0 Å². The molecular formula is C18H19N4O2+. The number of carbonyl (C=O) groups excluding carboxylic acids is 1. The highest BCUT2D eigenvalue weighted by molar-refractivity contribution is 6.00.